The van der Waals surface area contributed by atoms with Crippen molar-refractivity contribution in [2.45, 2.75) is 19.4 Å². The molecule has 0 aliphatic rings. The van der Waals surface area contributed by atoms with Gasteiger partial charge in [-0.05, 0) is 12.5 Å². The summed E-state index contributed by atoms with van der Waals surface area (Å²) in [6, 6.07) is 6.59. The molecule has 0 saturated heterocycles. The molecule has 0 fully saturated rings. The van der Waals surface area contributed by atoms with E-state index in [1.807, 2.05) is 31.2 Å². The number of carbonyl (C=O) groups excluding carboxylic acids is 1. The van der Waals surface area contributed by atoms with E-state index in [0.717, 1.165) is 11.1 Å². The monoisotopic (exact) mass is 463 g/mol. The Morgan fingerprint density at radius 1 is 1.56 bits per heavy atom. The van der Waals surface area contributed by atoms with Crippen LogP contribution >= 0.6 is 0 Å². The predicted molar refractivity (Wildman–Crippen MR) is 55.1 cm³/mol. The van der Waals surface area contributed by atoms with Gasteiger partial charge in [-0.1, -0.05) is 29.8 Å². The van der Waals surface area contributed by atoms with Crippen molar-refractivity contribution in [1.29, 1.82) is 0 Å². The van der Waals surface area contributed by atoms with Crippen LogP contribution in [0.2, 0.25) is 0 Å². The summed E-state index contributed by atoms with van der Waals surface area (Å²) in [7, 11) is 0. The zero-order valence-electron chi connectivity index (χ0n) is 8.65. The van der Waals surface area contributed by atoms with Crippen molar-refractivity contribution in [2.75, 3.05) is 0 Å². The van der Waals surface area contributed by atoms with E-state index in [2.05, 4.69) is 5.32 Å². The molecule has 1 unspecified atom stereocenters. The van der Waals surface area contributed by atoms with E-state index in [1.54, 1.807) is 0 Å². The number of amides is 1. The summed E-state index contributed by atoms with van der Waals surface area (Å²) in [5.74, 6) is -1.06. The van der Waals surface area contributed by atoms with E-state index < -0.39 is 12.0 Å². The Hall–Kier alpha value is -2.84. The van der Waals surface area contributed by atoms with Gasteiger partial charge in [0, 0.05) is 6.42 Å². The van der Waals surface area contributed by atoms with Crippen LogP contribution in [0.3, 0.4) is 0 Å². The average Bonchev–Trinajstić information content (AvgIpc) is 2.17. The van der Waals surface area contributed by atoms with Gasteiger partial charge in [0.25, 0.3) is 0 Å². The van der Waals surface area contributed by atoms with Gasteiger partial charge < -0.3 is 15.2 Å². The zero-order chi connectivity index (χ0) is 11.3. The zero-order valence-corrected chi connectivity index (χ0v) is 11.1. The standard InChI is InChI=1S/C11H12NO3.Fm/c1-8-3-2-4-9(5-8)6-10(11(14)15)12-7-13;/h2-5,10H,6H2,1H3,(H,12,13)(H,14,15);/q-1;. The third kappa shape index (κ3) is 3.49. The number of rotatable bonds is 5. The molecule has 0 aromatic heterocycles. The van der Waals surface area contributed by atoms with Crippen molar-refractivity contribution < 1.29 is 14.7 Å². The molecule has 1 atom stereocenters. The molecule has 1 aromatic carbocycles. The largest absolute Gasteiger partial charge is 0.520 e. The summed E-state index contributed by atoms with van der Waals surface area (Å²) in [5.41, 5.74) is 1.94. The molecular weight excluding hydrogens is 451 g/mol. The summed E-state index contributed by atoms with van der Waals surface area (Å²) in [4.78, 5) is 20.8. The number of aliphatic carboxylic acids is 1. The second-order valence-corrected chi connectivity index (χ2v) is 3.33. The molecule has 2 N–H and O–H groups in total. The fourth-order valence-electron chi connectivity index (χ4n) is 1.35. The van der Waals surface area contributed by atoms with Gasteiger partial charge >= 0.3 is 5.97 Å². The summed E-state index contributed by atoms with van der Waals surface area (Å²) < 4.78 is 0. The number of carboxylic acid groups (broad SMARTS) is 1. The van der Waals surface area contributed by atoms with Gasteiger partial charge in [0.15, 0.2) is 0 Å². The first-order valence-corrected chi connectivity index (χ1v) is 4.54. The molecule has 0 saturated carbocycles. The number of carbonyl (C=O) groups is 1. The van der Waals surface area contributed by atoms with E-state index >= 15 is 0 Å². The van der Waals surface area contributed by atoms with E-state index in [0.29, 0.717) is 0 Å². The van der Waals surface area contributed by atoms with Crippen LogP contribution < -0.4 is 5.32 Å². The van der Waals surface area contributed by atoms with Gasteiger partial charge in [-0.2, -0.15) is 6.41 Å². The van der Waals surface area contributed by atoms with Crippen molar-refractivity contribution >= 4 is 12.4 Å². The SMILES string of the molecule is Cc1cccc(CC(N[C-]=O)C(=O)O)c1.[Fm]. The van der Waals surface area contributed by atoms with Crippen LogP contribution in [0.5, 0.6) is 0 Å². The van der Waals surface area contributed by atoms with Crippen LogP contribution in [0.25, 0.3) is 0 Å². The van der Waals surface area contributed by atoms with Gasteiger partial charge in [0.1, 0.15) is 6.04 Å². The predicted octanol–water partition coefficient (Wildman–Crippen LogP) is 0.648. The van der Waals surface area contributed by atoms with Crippen LogP contribution in [0.1, 0.15) is 11.1 Å². The van der Waals surface area contributed by atoms with E-state index in [4.69, 9.17) is 5.11 Å². The topological polar surface area (TPSA) is 66.4 Å². The Morgan fingerprint density at radius 3 is 2.75 bits per heavy atom. The van der Waals surface area contributed by atoms with E-state index in [9.17, 15) is 9.59 Å². The van der Waals surface area contributed by atoms with Crippen molar-refractivity contribution in [1.82, 2.24) is 5.32 Å². The number of benzene rings is 1. The first kappa shape index (κ1) is 13.2. The van der Waals surface area contributed by atoms with E-state index in [1.165, 1.54) is 6.41 Å². The van der Waals surface area contributed by atoms with Gasteiger partial charge in [-0.3, -0.25) is 4.79 Å². The number of aryl methyl sites for hydroxylation is 1. The van der Waals surface area contributed by atoms with Crippen molar-refractivity contribution in [3.63, 3.8) is 0 Å². The third-order valence-corrected chi connectivity index (χ3v) is 2.05. The molecule has 1 aromatic rings. The molecule has 16 heavy (non-hydrogen) atoms. The number of hydrogen-bond acceptors (Lipinski definition) is 2. The Morgan fingerprint density at radius 2 is 2.25 bits per heavy atom. The molecule has 0 aliphatic heterocycles. The quantitative estimate of drug-likeness (QED) is 0.498. The van der Waals surface area contributed by atoms with Crippen molar-refractivity contribution in [3.05, 3.63) is 35.4 Å². The van der Waals surface area contributed by atoms with E-state index in [-0.39, 0.29) is 6.42 Å². The molecule has 0 aliphatic carbocycles. The summed E-state index contributed by atoms with van der Waals surface area (Å²) in [6.07, 6.45) is 1.67. The second kappa shape index (κ2) is 5.80. The normalized spacial score (nSPS) is 11.1. The first-order chi connectivity index (χ1) is 7.13. The van der Waals surface area contributed by atoms with Crippen LogP contribution in [0, 0.1) is 6.92 Å². The molecule has 1 rings (SSSR count). The fraction of sp³-hybridized carbons (Fsp3) is 0.273. The maximum atomic E-state index is 10.7. The minimum Gasteiger partial charge on any atom is -0.520 e. The molecule has 92 valence electrons. The van der Waals surface area contributed by atoms with Gasteiger partial charge in [-0.15, -0.1) is 0 Å². The maximum Gasteiger partial charge on any atom is 0.323 e. The van der Waals surface area contributed by atoms with Gasteiger partial charge in [-0.25, -0.2) is 0 Å². The van der Waals surface area contributed by atoms with Gasteiger partial charge in [0.05, 0.1) is 0 Å². The first-order valence-electron chi connectivity index (χ1n) is 4.54. The van der Waals surface area contributed by atoms with Crippen LogP contribution in [0.4, 0.5) is 0 Å². The molecule has 0 heterocycles. The minimum atomic E-state index is -1.06. The van der Waals surface area contributed by atoms with Crippen molar-refractivity contribution in [3.8, 4) is 0 Å². The second-order valence-electron chi connectivity index (χ2n) is 3.33. The summed E-state index contributed by atoms with van der Waals surface area (Å²) in [5, 5.41) is 10.9. The number of carboxylic acids is 1. The van der Waals surface area contributed by atoms with Crippen molar-refractivity contribution in [2.24, 2.45) is 0 Å². The summed E-state index contributed by atoms with van der Waals surface area (Å²) >= 11 is 0. The Balaban J connectivity index is 0.00000225. The van der Waals surface area contributed by atoms with Crippen LogP contribution in [-0.2, 0) is 16.0 Å². The Bertz CT molecular complexity index is 368. The number of hydrogen-bond donors (Lipinski definition) is 2. The fourth-order valence-corrected chi connectivity index (χ4v) is 1.35. The van der Waals surface area contributed by atoms with Crippen LogP contribution in [0.15, 0.2) is 24.3 Å². The van der Waals surface area contributed by atoms with Crippen LogP contribution in [-0.4, -0.2) is 23.5 Å². The maximum absolute atomic E-state index is 10.7. The Labute approximate surface area is 87.9 Å². The minimum absolute atomic E-state index is 0. The molecule has 1 amide bonds. The molecular formula is C11H12FmNO3-. The molecule has 0 spiro atoms. The average molecular weight is 463 g/mol. The smallest absolute Gasteiger partial charge is 0.323 e. The molecule has 0 bridgehead atoms. The Kier molecular flexibility index (Phi) is 4.77. The molecule has 0 radical (unpaired) electrons. The van der Waals surface area contributed by atoms with Gasteiger partial charge in [0.2, 0.25) is 0 Å². The summed E-state index contributed by atoms with van der Waals surface area (Å²) in [6.45, 7) is 1.93. The third-order valence-electron chi connectivity index (χ3n) is 2.05. The number of nitrogens with one attached hydrogen (secondary N) is 1. The molecule has 4 nitrogen and oxygen atoms in total. The molecule has 5 heteroatoms.